The fourth-order valence-corrected chi connectivity index (χ4v) is 2.66. The molecule has 0 bridgehead atoms. The van der Waals surface area contributed by atoms with Gasteiger partial charge in [0, 0.05) is 24.8 Å². The van der Waals surface area contributed by atoms with Crippen molar-refractivity contribution < 1.29 is 18.9 Å². The molecule has 0 aliphatic rings. The fraction of sp³-hybridized carbons (Fsp3) is 0.400. The molecule has 0 unspecified atom stereocenters. The number of pyridine rings is 1. The van der Waals surface area contributed by atoms with Crippen LogP contribution in [0, 0.1) is 0 Å². The second-order valence-electron chi connectivity index (χ2n) is 5.75. The van der Waals surface area contributed by atoms with Crippen LogP contribution < -0.4 is 29.6 Å². The van der Waals surface area contributed by atoms with Crippen molar-refractivity contribution in [3.05, 3.63) is 41.6 Å². The lowest BCUT2D eigenvalue weighted by molar-refractivity contribution is 0.324. The number of benzene rings is 1. The molecule has 2 N–H and O–H groups in total. The predicted molar refractivity (Wildman–Crippen MR) is 124 cm³/mol. The van der Waals surface area contributed by atoms with Gasteiger partial charge in [-0.15, -0.1) is 24.0 Å². The van der Waals surface area contributed by atoms with Gasteiger partial charge in [0.15, 0.2) is 17.5 Å². The Bertz CT molecular complexity index is 777. The zero-order chi connectivity index (χ0) is 20.4. The second-order valence-corrected chi connectivity index (χ2v) is 5.75. The predicted octanol–water partition coefficient (Wildman–Crippen LogP) is 2.99. The molecule has 0 amide bonds. The number of guanidine groups is 1. The Kier molecular flexibility index (Phi) is 11.0. The third-order valence-electron chi connectivity index (χ3n) is 3.98. The maximum atomic E-state index is 5.40. The van der Waals surface area contributed by atoms with Gasteiger partial charge >= 0.3 is 0 Å². The van der Waals surface area contributed by atoms with Crippen molar-refractivity contribution in [2.75, 3.05) is 35.0 Å². The smallest absolute Gasteiger partial charge is 0.218 e. The summed E-state index contributed by atoms with van der Waals surface area (Å²) in [5, 5.41) is 6.52. The number of methoxy groups -OCH3 is 4. The summed E-state index contributed by atoms with van der Waals surface area (Å²) in [4.78, 5) is 8.85. The zero-order valence-electron chi connectivity index (χ0n) is 17.4. The van der Waals surface area contributed by atoms with Crippen LogP contribution in [0.25, 0.3) is 0 Å². The lowest BCUT2D eigenvalue weighted by atomic mass is 10.2. The van der Waals surface area contributed by atoms with Crippen LogP contribution in [0.4, 0.5) is 0 Å². The quantitative estimate of drug-likeness (QED) is 0.301. The Labute approximate surface area is 189 Å². The molecule has 1 aromatic carbocycles. The first-order valence-electron chi connectivity index (χ1n) is 8.95. The minimum Gasteiger partial charge on any atom is -0.493 e. The maximum absolute atomic E-state index is 5.40. The highest BCUT2D eigenvalue weighted by molar-refractivity contribution is 14.0. The van der Waals surface area contributed by atoms with Crippen molar-refractivity contribution in [2.24, 2.45) is 4.99 Å². The SMILES string of the molecule is CCNC(=NCc1cc(OC)c(OC)c(OC)c1)NCc1cccnc1OC.I. The number of hydrogen-bond acceptors (Lipinski definition) is 6. The second kappa shape index (κ2) is 12.9. The molecule has 0 radical (unpaired) electrons. The van der Waals surface area contributed by atoms with Crippen molar-refractivity contribution in [2.45, 2.75) is 20.0 Å². The monoisotopic (exact) mass is 516 g/mol. The van der Waals surface area contributed by atoms with Crippen molar-refractivity contribution in [3.8, 4) is 23.1 Å². The Morgan fingerprint density at radius 3 is 2.24 bits per heavy atom. The van der Waals surface area contributed by atoms with E-state index in [2.05, 4.69) is 20.6 Å². The van der Waals surface area contributed by atoms with Gasteiger partial charge in [-0.25, -0.2) is 9.98 Å². The third-order valence-corrected chi connectivity index (χ3v) is 3.98. The Morgan fingerprint density at radius 1 is 1.00 bits per heavy atom. The van der Waals surface area contributed by atoms with Crippen LogP contribution in [0.3, 0.4) is 0 Å². The molecule has 0 atom stereocenters. The molecule has 0 saturated heterocycles. The van der Waals surface area contributed by atoms with Gasteiger partial charge < -0.3 is 29.6 Å². The normalized spacial score (nSPS) is 10.6. The molecule has 2 aromatic rings. The van der Waals surface area contributed by atoms with E-state index in [0.717, 1.165) is 17.7 Å². The average Bonchev–Trinajstić information content (AvgIpc) is 2.74. The molecule has 29 heavy (non-hydrogen) atoms. The number of nitrogens with zero attached hydrogens (tertiary/aromatic N) is 2. The van der Waals surface area contributed by atoms with Gasteiger partial charge in [0.25, 0.3) is 0 Å². The maximum Gasteiger partial charge on any atom is 0.218 e. The summed E-state index contributed by atoms with van der Waals surface area (Å²) in [5.41, 5.74) is 1.88. The van der Waals surface area contributed by atoms with Gasteiger partial charge in [-0.3, -0.25) is 0 Å². The van der Waals surface area contributed by atoms with E-state index in [4.69, 9.17) is 18.9 Å². The van der Waals surface area contributed by atoms with Crippen molar-refractivity contribution in [3.63, 3.8) is 0 Å². The van der Waals surface area contributed by atoms with E-state index in [1.54, 1.807) is 34.6 Å². The molecule has 1 aromatic heterocycles. The molecule has 160 valence electrons. The Morgan fingerprint density at radius 2 is 1.69 bits per heavy atom. The molecule has 0 saturated carbocycles. The van der Waals surface area contributed by atoms with E-state index < -0.39 is 0 Å². The van der Waals surface area contributed by atoms with Gasteiger partial charge in [-0.05, 0) is 30.7 Å². The van der Waals surface area contributed by atoms with Crippen LogP contribution in [-0.4, -0.2) is 45.9 Å². The van der Waals surface area contributed by atoms with E-state index in [0.29, 0.717) is 42.2 Å². The summed E-state index contributed by atoms with van der Waals surface area (Å²) in [6.45, 7) is 3.74. The van der Waals surface area contributed by atoms with E-state index in [-0.39, 0.29) is 24.0 Å². The highest BCUT2D eigenvalue weighted by atomic mass is 127. The summed E-state index contributed by atoms with van der Waals surface area (Å²) in [7, 11) is 6.38. The van der Waals surface area contributed by atoms with E-state index in [9.17, 15) is 0 Å². The zero-order valence-corrected chi connectivity index (χ0v) is 19.8. The minimum absolute atomic E-state index is 0. The van der Waals surface area contributed by atoms with Gasteiger partial charge in [0.1, 0.15) is 0 Å². The summed E-state index contributed by atoms with van der Waals surface area (Å²) in [6, 6.07) is 7.61. The first kappa shape index (κ1) is 24.6. The average molecular weight is 516 g/mol. The van der Waals surface area contributed by atoms with E-state index in [1.165, 1.54) is 0 Å². The van der Waals surface area contributed by atoms with Crippen LogP contribution in [0.5, 0.6) is 23.1 Å². The van der Waals surface area contributed by atoms with Crippen molar-refractivity contribution in [1.29, 1.82) is 0 Å². The van der Waals surface area contributed by atoms with Gasteiger partial charge in [0.2, 0.25) is 11.6 Å². The number of rotatable bonds is 9. The Balaban J connectivity index is 0.00000420. The van der Waals surface area contributed by atoms with Crippen LogP contribution in [0.15, 0.2) is 35.5 Å². The highest BCUT2D eigenvalue weighted by Gasteiger charge is 2.13. The highest BCUT2D eigenvalue weighted by Crippen LogP contribution is 2.38. The Hall–Kier alpha value is -2.43. The van der Waals surface area contributed by atoms with E-state index in [1.807, 2.05) is 31.2 Å². The number of nitrogens with one attached hydrogen (secondary N) is 2. The molecule has 2 rings (SSSR count). The molecular formula is C20H29IN4O4. The number of aliphatic imine (C=N–C) groups is 1. The first-order valence-corrected chi connectivity index (χ1v) is 8.95. The molecule has 0 aliphatic heterocycles. The third kappa shape index (κ3) is 6.84. The number of halogens is 1. The van der Waals surface area contributed by atoms with Crippen LogP contribution in [0.2, 0.25) is 0 Å². The summed E-state index contributed by atoms with van der Waals surface area (Å²) in [5.74, 6) is 3.04. The van der Waals surface area contributed by atoms with Gasteiger partial charge in [0.05, 0.1) is 35.0 Å². The standard InChI is InChI=1S/C20H28N4O4.HI/c1-6-21-20(24-13-15-8-7-9-22-19(15)28-5)23-12-14-10-16(25-2)18(27-4)17(11-14)26-3;/h7-11H,6,12-13H2,1-5H3,(H2,21,23,24);1H. The lowest BCUT2D eigenvalue weighted by Gasteiger charge is -2.15. The summed E-state index contributed by atoms with van der Waals surface area (Å²) >= 11 is 0. The van der Waals surface area contributed by atoms with Crippen LogP contribution in [-0.2, 0) is 13.1 Å². The van der Waals surface area contributed by atoms with Crippen molar-refractivity contribution >= 4 is 29.9 Å². The molecule has 8 nitrogen and oxygen atoms in total. The van der Waals surface area contributed by atoms with Gasteiger partial charge in [-0.1, -0.05) is 6.07 Å². The molecule has 1 heterocycles. The minimum atomic E-state index is 0. The van der Waals surface area contributed by atoms with E-state index >= 15 is 0 Å². The largest absolute Gasteiger partial charge is 0.493 e. The number of hydrogen-bond donors (Lipinski definition) is 2. The molecule has 9 heteroatoms. The van der Waals surface area contributed by atoms with Crippen molar-refractivity contribution in [1.82, 2.24) is 15.6 Å². The summed E-state index contributed by atoms with van der Waals surface area (Å²) < 4.78 is 21.4. The fourth-order valence-electron chi connectivity index (χ4n) is 2.66. The molecular weight excluding hydrogens is 487 g/mol. The number of aromatic nitrogens is 1. The molecule has 0 aliphatic carbocycles. The lowest BCUT2D eigenvalue weighted by Crippen LogP contribution is -2.36. The van der Waals surface area contributed by atoms with Crippen LogP contribution >= 0.6 is 24.0 Å². The molecule has 0 spiro atoms. The van der Waals surface area contributed by atoms with Crippen LogP contribution in [0.1, 0.15) is 18.1 Å². The summed E-state index contributed by atoms with van der Waals surface area (Å²) in [6.07, 6.45) is 1.70. The first-order chi connectivity index (χ1) is 13.7. The molecule has 0 fully saturated rings. The topological polar surface area (TPSA) is 86.2 Å². The van der Waals surface area contributed by atoms with Gasteiger partial charge in [-0.2, -0.15) is 0 Å². The number of ether oxygens (including phenoxy) is 4.